The van der Waals surface area contributed by atoms with E-state index in [0.717, 1.165) is 11.3 Å². The van der Waals surface area contributed by atoms with E-state index in [2.05, 4.69) is 5.32 Å². The first-order chi connectivity index (χ1) is 14.7. The van der Waals surface area contributed by atoms with Crippen LogP contribution in [0.15, 0.2) is 84.9 Å². The van der Waals surface area contributed by atoms with Crippen molar-refractivity contribution in [2.45, 2.75) is 12.8 Å². The van der Waals surface area contributed by atoms with Gasteiger partial charge in [-0.05, 0) is 54.8 Å². The van der Waals surface area contributed by atoms with Gasteiger partial charge in [-0.1, -0.05) is 48.5 Å². The first-order valence-electron chi connectivity index (χ1n) is 9.75. The Morgan fingerprint density at radius 2 is 1.43 bits per heavy atom. The number of para-hydroxylation sites is 1. The summed E-state index contributed by atoms with van der Waals surface area (Å²) in [6.07, 6.45) is 0.886. The second-order valence-corrected chi connectivity index (χ2v) is 6.85. The Morgan fingerprint density at radius 3 is 2.07 bits per heavy atom. The van der Waals surface area contributed by atoms with Gasteiger partial charge < -0.3 is 10.1 Å². The first kappa shape index (κ1) is 21.1. The molecule has 0 spiro atoms. The summed E-state index contributed by atoms with van der Waals surface area (Å²) in [4.78, 5) is 24.4. The first-order valence-corrected chi connectivity index (χ1v) is 9.75. The van der Waals surface area contributed by atoms with Crippen molar-refractivity contribution in [2.75, 3.05) is 6.54 Å². The summed E-state index contributed by atoms with van der Waals surface area (Å²) in [6, 6.07) is 25.8. The van der Waals surface area contributed by atoms with Crippen LogP contribution in [0.3, 0.4) is 0 Å². The van der Waals surface area contributed by atoms with Crippen molar-refractivity contribution in [1.29, 1.82) is 0 Å². The van der Waals surface area contributed by atoms with Crippen molar-refractivity contribution in [3.05, 3.63) is 96.1 Å². The number of rotatable bonds is 9. The van der Waals surface area contributed by atoms with Gasteiger partial charge >= 0.3 is 0 Å². The summed E-state index contributed by atoms with van der Waals surface area (Å²) in [5.41, 5.74) is 3.21. The van der Waals surface area contributed by atoms with Crippen LogP contribution in [0, 0.1) is 5.92 Å². The van der Waals surface area contributed by atoms with Crippen molar-refractivity contribution >= 4 is 11.8 Å². The highest BCUT2D eigenvalue weighted by molar-refractivity contribution is 5.94. The van der Waals surface area contributed by atoms with Crippen LogP contribution < -0.4 is 15.5 Å². The standard InChI is InChI=1S/C24H24N2O4/c27-23(19-11-13-22(14-12-19)30-21-9-5-2-6-10-21)25-16-15-20(24(28)26-29)17-18-7-3-1-4-8-18/h1-14,20,29H,15-17H2,(H,25,27)(H,26,28). The lowest BCUT2D eigenvalue weighted by Crippen LogP contribution is -2.33. The molecule has 30 heavy (non-hydrogen) atoms. The molecule has 0 bridgehead atoms. The van der Waals surface area contributed by atoms with Crippen LogP contribution in [0.25, 0.3) is 0 Å². The van der Waals surface area contributed by atoms with E-state index in [1.54, 1.807) is 29.7 Å². The molecule has 0 radical (unpaired) electrons. The maximum atomic E-state index is 12.4. The van der Waals surface area contributed by atoms with Crippen LogP contribution in [-0.2, 0) is 11.2 Å². The molecule has 2 amide bonds. The molecule has 1 unspecified atom stereocenters. The lowest BCUT2D eigenvalue weighted by Gasteiger charge is -2.15. The molecule has 3 rings (SSSR count). The average Bonchev–Trinajstić information content (AvgIpc) is 2.79. The molecule has 0 saturated heterocycles. The Hall–Kier alpha value is -3.64. The molecule has 154 valence electrons. The molecule has 6 heteroatoms. The zero-order valence-corrected chi connectivity index (χ0v) is 16.5. The molecular weight excluding hydrogens is 380 g/mol. The third-order valence-electron chi connectivity index (χ3n) is 4.68. The van der Waals surface area contributed by atoms with E-state index in [1.807, 2.05) is 60.7 Å². The minimum atomic E-state index is -0.462. The Labute approximate surface area is 175 Å². The predicted molar refractivity (Wildman–Crippen MR) is 113 cm³/mol. The topological polar surface area (TPSA) is 87.7 Å². The summed E-state index contributed by atoms with van der Waals surface area (Å²) in [5.74, 6) is 0.223. The highest BCUT2D eigenvalue weighted by Crippen LogP contribution is 2.21. The van der Waals surface area contributed by atoms with Crippen molar-refractivity contribution in [3.63, 3.8) is 0 Å². The maximum absolute atomic E-state index is 12.4. The molecule has 0 aliphatic heterocycles. The number of carbonyl (C=O) groups is 2. The number of benzene rings is 3. The van der Waals surface area contributed by atoms with Crippen molar-refractivity contribution in [1.82, 2.24) is 10.8 Å². The van der Waals surface area contributed by atoms with Gasteiger partial charge in [0.2, 0.25) is 5.91 Å². The summed E-state index contributed by atoms with van der Waals surface area (Å²) in [5, 5.41) is 11.8. The highest BCUT2D eigenvalue weighted by Gasteiger charge is 2.19. The van der Waals surface area contributed by atoms with Gasteiger partial charge in [-0.3, -0.25) is 14.8 Å². The fourth-order valence-electron chi connectivity index (χ4n) is 3.08. The Balaban J connectivity index is 1.51. The number of carbonyl (C=O) groups excluding carboxylic acids is 2. The summed E-state index contributed by atoms with van der Waals surface area (Å²) in [7, 11) is 0. The average molecular weight is 404 g/mol. The van der Waals surface area contributed by atoms with E-state index in [1.165, 1.54) is 0 Å². The third kappa shape index (κ3) is 6.18. The molecule has 3 aromatic rings. The van der Waals surface area contributed by atoms with Gasteiger partial charge in [0, 0.05) is 18.0 Å². The van der Waals surface area contributed by atoms with Crippen LogP contribution in [0.1, 0.15) is 22.3 Å². The van der Waals surface area contributed by atoms with Crippen LogP contribution in [0.2, 0.25) is 0 Å². The number of hydroxylamine groups is 1. The maximum Gasteiger partial charge on any atom is 0.251 e. The predicted octanol–water partition coefficient (Wildman–Crippen LogP) is 3.96. The zero-order valence-electron chi connectivity index (χ0n) is 16.5. The van der Waals surface area contributed by atoms with Gasteiger partial charge in [-0.15, -0.1) is 0 Å². The largest absolute Gasteiger partial charge is 0.457 e. The van der Waals surface area contributed by atoms with Gasteiger partial charge in [0.05, 0.1) is 0 Å². The molecule has 0 saturated carbocycles. The molecular formula is C24H24N2O4. The van der Waals surface area contributed by atoms with Gasteiger partial charge in [-0.2, -0.15) is 0 Å². The molecule has 0 heterocycles. The lowest BCUT2D eigenvalue weighted by atomic mass is 9.95. The number of hydrogen-bond donors (Lipinski definition) is 3. The van der Waals surface area contributed by atoms with Gasteiger partial charge in [0.1, 0.15) is 11.5 Å². The number of nitrogens with one attached hydrogen (secondary N) is 2. The second kappa shape index (κ2) is 10.8. The van der Waals surface area contributed by atoms with E-state index in [0.29, 0.717) is 30.7 Å². The highest BCUT2D eigenvalue weighted by atomic mass is 16.5. The van der Waals surface area contributed by atoms with Crippen molar-refractivity contribution < 1.29 is 19.5 Å². The lowest BCUT2D eigenvalue weighted by molar-refractivity contribution is -0.133. The minimum Gasteiger partial charge on any atom is -0.457 e. The van der Waals surface area contributed by atoms with Gasteiger partial charge in [0.15, 0.2) is 0 Å². The molecule has 3 N–H and O–H groups in total. The Morgan fingerprint density at radius 1 is 0.833 bits per heavy atom. The van der Waals surface area contributed by atoms with E-state index in [9.17, 15) is 9.59 Å². The van der Waals surface area contributed by atoms with Gasteiger partial charge in [0.25, 0.3) is 5.91 Å². The quantitative estimate of drug-likeness (QED) is 0.372. The monoisotopic (exact) mass is 404 g/mol. The number of amides is 2. The second-order valence-electron chi connectivity index (χ2n) is 6.85. The Bertz CT molecular complexity index is 944. The number of ether oxygens (including phenoxy) is 1. The minimum absolute atomic E-state index is 0.232. The molecule has 0 aromatic heterocycles. The molecule has 0 fully saturated rings. The van der Waals surface area contributed by atoms with Crippen LogP contribution >= 0.6 is 0 Å². The molecule has 3 aromatic carbocycles. The van der Waals surface area contributed by atoms with Crippen molar-refractivity contribution in [3.8, 4) is 11.5 Å². The summed E-state index contributed by atoms with van der Waals surface area (Å²) < 4.78 is 5.72. The van der Waals surface area contributed by atoms with Crippen LogP contribution in [0.5, 0.6) is 11.5 Å². The van der Waals surface area contributed by atoms with E-state index in [4.69, 9.17) is 9.94 Å². The summed E-state index contributed by atoms with van der Waals surface area (Å²) >= 11 is 0. The number of hydrogen-bond acceptors (Lipinski definition) is 4. The fourth-order valence-corrected chi connectivity index (χ4v) is 3.08. The molecule has 1 atom stereocenters. The zero-order chi connectivity index (χ0) is 21.2. The molecule has 0 aliphatic carbocycles. The van der Waals surface area contributed by atoms with E-state index in [-0.39, 0.29) is 5.91 Å². The van der Waals surface area contributed by atoms with Crippen LogP contribution in [0.4, 0.5) is 0 Å². The van der Waals surface area contributed by atoms with E-state index < -0.39 is 11.8 Å². The van der Waals surface area contributed by atoms with Gasteiger partial charge in [-0.25, -0.2) is 5.48 Å². The Kier molecular flexibility index (Phi) is 7.58. The summed E-state index contributed by atoms with van der Waals surface area (Å²) in [6.45, 7) is 0.312. The fraction of sp³-hybridized carbons (Fsp3) is 0.167. The van der Waals surface area contributed by atoms with Crippen molar-refractivity contribution in [2.24, 2.45) is 5.92 Å². The smallest absolute Gasteiger partial charge is 0.251 e. The normalized spacial score (nSPS) is 11.4. The molecule has 0 aliphatic rings. The van der Waals surface area contributed by atoms with E-state index >= 15 is 0 Å². The van der Waals surface area contributed by atoms with Crippen LogP contribution in [-0.4, -0.2) is 23.6 Å². The molecule has 6 nitrogen and oxygen atoms in total. The SMILES string of the molecule is O=C(NCCC(Cc1ccccc1)C(=O)NO)c1ccc(Oc2ccccc2)cc1. The third-order valence-corrected chi connectivity index (χ3v) is 4.68.